The Bertz CT molecular complexity index is 741. The molecular formula is C22H37N7O. The number of aromatic nitrogens is 2. The van der Waals surface area contributed by atoms with Crippen LogP contribution in [0.2, 0.25) is 0 Å². The molecule has 1 aliphatic carbocycles. The van der Waals surface area contributed by atoms with E-state index in [2.05, 4.69) is 56.6 Å². The van der Waals surface area contributed by atoms with Crippen molar-refractivity contribution in [2.75, 3.05) is 55.7 Å². The second kappa shape index (κ2) is 9.06. The Labute approximate surface area is 180 Å². The number of nitrogens with one attached hydrogen (secondary N) is 3. The quantitative estimate of drug-likeness (QED) is 0.658. The van der Waals surface area contributed by atoms with Crippen LogP contribution in [0.25, 0.3) is 0 Å². The van der Waals surface area contributed by atoms with E-state index in [0.717, 1.165) is 50.8 Å². The van der Waals surface area contributed by atoms with Crippen molar-refractivity contribution >= 4 is 23.2 Å². The zero-order chi connectivity index (χ0) is 21.1. The highest BCUT2D eigenvalue weighted by atomic mass is 16.2. The molecule has 30 heavy (non-hydrogen) atoms. The second-order valence-corrected chi connectivity index (χ2v) is 9.37. The third-order valence-electron chi connectivity index (χ3n) is 7.43. The number of anilines is 3. The van der Waals surface area contributed by atoms with Crippen LogP contribution in [0.4, 0.5) is 17.3 Å². The number of fused-ring (bicyclic) bond motifs is 1. The normalized spacial score (nSPS) is 25.7. The molecule has 166 valence electrons. The highest BCUT2D eigenvalue weighted by Crippen LogP contribution is 2.37. The van der Waals surface area contributed by atoms with Gasteiger partial charge in [0, 0.05) is 38.3 Å². The minimum absolute atomic E-state index is 0.00106. The number of piperazine rings is 1. The predicted octanol–water partition coefficient (Wildman–Crippen LogP) is 2.62. The lowest BCUT2D eigenvalue weighted by atomic mass is 9.79. The summed E-state index contributed by atoms with van der Waals surface area (Å²) in [5.41, 5.74) is 0.856. The predicted molar refractivity (Wildman–Crippen MR) is 121 cm³/mol. The summed E-state index contributed by atoms with van der Waals surface area (Å²) in [6.45, 7) is 9.54. The third-order valence-corrected chi connectivity index (χ3v) is 7.43. The van der Waals surface area contributed by atoms with Crippen LogP contribution in [0.1, 0.15) is 52.4 Å². The zero-order valence-electron chi connectivity index (χ0n) is 18.7. The van der Waals surface area contributed by atoms with E-state index in [0.29, 0.717) is 5.69 Å². The van der Waals surface area contributed by atoms with Crippen LogP contribution in [0, 0.1) is 5.92 Å². The van der Waals surface area contributed by atoms with E-state index in [-0.39, 0.29) is 23.4 Å². The number of carbonyl (C=O) groups is 1. The Morgan fingerprint density at radius 1 is 1.20 bits per heavy atom. The van der Waals surface area contributed by atoms with Crippen molar-refractivity contribution in [1.29, 1.82) is 0 Å². The second-order valence-electron chi connectivity index (χ2n) is 9.37. The van der Waals surface area contributed by atoms with E-state index >= 15 is 0 Å². The molecule has 2 fully saturated rings. The molecule has 1 amide bonds. The Balaban J connectivity index is 1.51. The van der Waals surface area contributed by atoms with Gasteiger partial charge in [-0.2, -0.15) is 0 Å². The molecule has 8 heteroatoms. The fourth-order valence-electron chi connectivity index (χ4n) is 5.14. The molecule has 1 saturated carbocycles. The van der Waals surface area contributed by atoms with Crippen LogP contribution in [0.15, 0.2) is 6.33 Å². The SMILES string of the molecule is CCC(C)C1Nc2ncnc(NCC3(N4CCN(C)CC4)CCCCC3)c2NC1=O. The zero-order valence-corrected chi connectivity index (χ0v) is 18.7. The van der Waals surface area contributed by atoms with Gasteiger partial charge in [0.15, 0.2) is 11.6 Å². The van der Waals surface area contributed by atoms with Crippen LogP contribution >= 0.6 is 0 Å². The molecule has 1 aromatic rings. The van der Waals surface area contributed by atoms with Gasteiger partial charge in [0.25, 0.3) is 0 Å². The van der Waals surface area contributed by atoms with Crippen molar-refractivity contribution in [3.63, 3.8) is 0 Å². The number of nitrogens with zero attached hydrogens (tertiary/aromatic N) is 4. The maximum atomic E-state index is 12.7. The molecule has 0 radical (unpaired) electrons. The van der Waals surface area contributed by atoms with Gasteiger partial charge in [-0.1, -0.05) is 39.5 Å². The molecule has 0 spiro atoms. The number of hydrogen-bond donors (Lipinski definition) is 3. The van der Waals surface area contributed by atoms with Crippen LogP contribution in [0.3, 0.4) is 0 Å². The minimum Gasteiger partial charge on any atom is -0.366 e. The number of hydrogen-bond acceptors (Lipinski definition) is 7. The fraction of sp³-hybridized carbons (Fsp3) is 0.773. The number of likely N-dealkylation sites (N-methyl/N-ethyl adjacent to an activating group) is 1. The van der Waals surface area contributed by atoms with Gasteiger partial charge in [0.2, 0.25) is 5.91 Å². The van der Waals surface area contributed by atoms with E-state index in [9.17, 15) is 4.79 Å². The van der Waals surface area contributed by atoms with Crippen molar-refractivity contribution in [1.82, 2.24) is 19.8 Å². The first-order valence-corrected chi connectivity index (χ1v) is 11.6. The van der Waals surface area contributed by atoms with Crippen molar-refractivity contribution in [2.24, 2.45) is 5.92 Å². The van der Waals surface area contributed by atoms with Crippen molar-refractivity contribution < 1.29 is 4.79 Å². The topological polar surface area (TPSA) is 85.4 Å². The molecule has 3 heterocycles. The third kappa shape index (κ3) is 4.25. The molecule has 2 atom stereocenters. The molecule has 0 bridgehead atoms. The molecule has 0 aromatic carbocycles. The number of rotatable bonds is 6. The fourth-order valence-corrected chi connectivity index (χ4v) is 5.14. The lowest BCUT2D eigenvalue weighted by molar-refractivity contribution is -0.118. The van der Waals surface area contributed by atoms with Crippen LogP contribution < -0.4 is 16.0 Å². The molecule has 1 saturated heterocycles. The summed E-state index contributed by atoms with van der Waals surface area (Å²) in [7, 11) is 2.21. The molecule has 2 unspecified atom stereocenters. The monoisotopic (exact) mass is 415 g/mol. The van der Waals surface area contributed by atoms with Gasteiger partial charge < -0.3 is 20.9 Å². The van der Waals surface area contributed by atoms with Gasteiger partial charge >= 0.3 is 0 Å². The largest absolute Gasteiger partial charge is 0.366 e. The van der Waals surface area contributed by atoms with E-state index < -0.39 is 0 Å². The summed E-state index contributed by atoms with van der Waals surface area (Å²) >= 11 is 0. The number of carbonyl (C=O) groups excluding carboxylic acids is 1. The van der Waals surface area contributed by atoms with Crippen molar-refractivity contribution in [2.45, 2.75) is 64.0 Å². The lowest BCUT2D eigenvalue weighted by Gasteiger charge is -2.49. The van der Waals surface area contributed by atoms with E-state index in [1.54, 1.807) is 6.33 Å². The summed E-state index contributed by atoms with van der Waals surface area (Å²) in [4.78, 5) is 26.7. The highest BCUT2D eigenvalue weighted by Gasteiger charge is 2.39. The first-order chi connectivity index (χ1) is 14.5. The van der Waals surface area contributed by atoms with E-state index in [1.807, 2.05) is 0 Å². The van der Waals surface area contributed by atoms with Gasteiger partial charge in [0.05, 0.1) is 0 Å². The Hall–Kier alpha value is -1.93. The Morgan fingerprint density at radius 2 is 1.93 bits per heavy atom. The molecular weight excluding hydrogens is 378 g/mol. The molecule has 1 aromatic heterocycles. The summed E-state index contributed by atoms with van der Waals surface area (Å²) in [6.07, 6.45) is 8.85. The summed E-state index contributed by atoms with van der Waals surface area (Å²) < 4.78 is 0. The van der Waals surface area contributed by atoms with Crippen molar-refractivity contribution in [3.8, 4) is 0 Å². The maximum absolute atomic E-state index is 12.7. The van der Waals surface area contributed by atoms with Crippen LogP contribution in [-0.4, -0.2) is 77.0 Å². The molecule has 3 N–H and O–H groups in total. The lowest BCUT2D eigenvalue weighted by Crippen LogP contribution is -2.60. The standard InChI is InChI=1S/C22H37N7O/c1-4-16(2)17-21(30)27-18-19(24-15-25-20(18)26-17)23-14-22(8-6-5-7-9-22)29-12-10-28(3)11-13-29/h15-17H,4-14H2,1-3H3,(H,27,30)(H2,23,24,25,26). The smallest absolute Gasteiger partial charge is 0.247 e. The molecule has 4 rings (SSSR count). The van der Waals surface area contributed by atoms with Crippen molar-refractivity contribution in [3.05, 3.63) is 6.33 Å². The van der Waals surface area contributed by atoms with E-state index in [4.69, 9.17) is 0 Å². The Morgan fingerprint density at radius 3 is 2.63 bits per heavy atom. The summed E-state index contributed by atoms with van der Waals surface area (Å²) in [5.74, 6) is 1.69. The summed E-state index contributed by atoms with van der Waals surface area (Å²) in [5, 5.41) is 10.0. The first-order valence-electron chi connectivity index (χ1n) is 11.6. The number of amides is 1. The first kappa shape index (κ1) is 21.3. The average molecular weight is 416 g/mol. The highest BCUT2D eigenvalue weighted by molar-refractivity contribution is 6.05. The average Bonchev–Trinajstić information content (AvgIpc) is 2.78. The summed E-state index contributed by atoms with van der Waals surface area (Å²) in [6, 6.07) is -0.250. The maximum Gasteiger partial charge on any atom is 0.247 e. The van der Waals surface area contributed by atoms with Crippen LogP contribution in [-0.2, 0) is 4.79 Å². The van der Waals surface area contributed by atoms with Gasteiger partial charge in [0.1, 0.15) is 18.1 Å². The van der Waals surface area contributed by atoms with Gasteiger partial charge in [-0.3, -0.25) is 9.69 Å². The van der Waals surface area contributed by atoms with Gasteiger partial charge in [-0.05, 0) is 25.8 Å². The van der Waals surface area contributed by atoms with Gasteiger partial charge in [-0.15, -0.1) is 0 Å². The molecule has 3 aliphatic rings. The molecule has 8 nitrogen and oxygen atoms in total. The molecule has 2 aliphatic heterocycles. The van der Waals surface area contributed by atoms with Gasteiger partial charge in [-0.25, -0.2) is 9.97 Å². The van der Waals surface area contributed by atoms with Crippen LogP contribution in [0.5, 0.6) is 0 Å². The van der Waals surface area contributed by atoms with E-state index in [1.165, 1.54) is 32.1 Å². The minimum atomic E-state index is -0.250. The Kier molecular flexibility index (Phi) is 6.43.